The summed E-state index contributed by atoms with van der Waals surface area (Å²) in [6.07, 6.45) is 5.37. The zero-order valence-electron chi connectivity index (χ0n) is 9.51. The lowest BCUT2D eigenvalue weighted by Gasteiger charge is -1.96. The molecule has 0 atom stereocenters. The number of allylic oxidation sites excluding steroid dienone is 1. The molecule has 3 nitrogen and oxygen atoms in total. The number of oxime groups is 1. The molecule has 16 heavy (non-hydrogen) atoms. The fourth-order valence-corrected chi connectivity index (χ4v) is 1.19. The summed E-state index contributed by atoms with van der Waals surface area (Å²) >= 11 is 0. The van der Waals surface area contributed by atoms with Crippen LogP contribution in [0.2, 0.25) is 0 Å². The molecule has 0 aromatic heterocycles. The molecule has 0 aliphatic rings. The van der Waals surface area contributed by atoms with Crippen molar-refractivity contribution in [1.29, 1.82) is 0 Å². The molecule has 0 fully saturated rings. The summed E-state index contributed by atoms with van der Waals surface area (Å²) in [6, 6.07) is 8.06. The molecule has 0 heterocycles. The number of ketones is 1. The van der Waals surface area contributed by atoms with E-state index in [0.717, 1.165) is 18.2 Å². The number of hydrogen-bond donors (Lipinski definition) is 0. The van der Waals surface area contributed by atoms with Crippen LogP contribution in [0.1, 0.15) is 18.1 Å². The van der Waals surface area contributed by atoms with Crippen LogP contribution in [0.25, 0.3) is 6.08 Å². The Morgan fingerprint density at radius 3 is 2.62 bits per heavy atom. The Kier molecular flexibility index (Phi) is 4.99. The topological polar surface area (TPSA) is 38.7 Å². The number of benzene rings is 1. The van der Waals surface area contributed by atoms with Gasteiger partial charge < -0.3 is 4.84 Å². The molecule has 84 valence electrons. The molecule has 0 bridgehead atoms. The molecule has 0 aliphatic heterocycles. The highest BCUT2D eigenvalue weighted by Crippen LogP contribution is 2.06. The van der Waals surface area contributed by atoms with Crippen molar-refractivity contribution in [2.75, 3.05) is 7.11 Å². The smallest absolute Gasteiger partial charge is 0.200 e. The number of aryl methyl sites for hydroxylation is 1. The second kappa shape index (κ2) is 6.56. The monoisotopic (exact) mass is 217 g/mol. The summed E-state index contributed by atoms with van der Waals surface area (Å²) in [7, 11) is 1.40. The van der Waals surface area contributed by atoms with Crippen molar-refractivity contribution in [3.05, 3.63) is 41.5 Å². The van der Waals surface area contributed by atoms with Gasteiger partial charge in [-0.1, -0.05) is 42.4 Å². The Labute approximate surface area is 95.4 Å². The molecule has 0 unspecified atom stereocenters. The van der Waals surface area contributed by atoms with E-state index in [0.29, 0.717) is 0 Å². The molecule has 0 spiro atoms. The third kappa shape index (κ3) is 4.09. The maximum absolute atomic E-state index is 11.2. The maximum atomic E-state index is 11.2. The van der Waals surface area contributed by atoms with Crippen LogP contribution in [0.5, 0.6) is 0 Å². The summed E-state index contributed by atoms with van der Waals surface area (Å²) in [6.45, 7) is 2.11. The predicted molar refractivity (Wildman–Crippen MR) is 65.4 cm³/mol. The average Bonchev–Trinajstić information content (AvgIpc) is 2.34. The van der Waals surface area contributed by atoms with Gasteiger partial charge in [-0.05, 0) is 23.6 Å². The lowest BCUT2D eigenvalue weighted by atomic mass is 10.1. The Hall–Kier alpha value is -1.90. The van der Waals surface area contributed by atoms with Crippen molar-refractivity contribution in [3.63, 3.8) is 0 Å². The van der Waals surface area contributed by atoms with Gasteiger partial charge in [0.2, 0.25) is 0 Å². The van der Waals surface area contributed by atoms with Crippen LogP contribution in [-0.4, -0.2) is 19.1 Å². The van der Waals surface area contributed by atoms with Gasteiger partial charge in [0.25, 0.3) is 0 Å². The van der Waals surface area contributed by atoms with Crippen molar-refractivity contribution < 1.29 is 9.63 Å². The zero-order valence-corrected chi connectivity index (χ0v) is 9.51. The number of hydrogen-bond acceptors (Lipinski definition) is 3. The number of rotatable bonds is 5. The minimum absolute atomic E-state index is 0.193. The fourth-order valence-electron chi connectivity index (χ4n) is 1.19. The third-order valence-corrected chi connectivity index (χ3v) is 2.11. The number of carbonyl (C=O) groups is 1. The second-order valence-electron chi connectivity index (χ2n) is 3.25. The first kappa shape index (κ1) is 12.2. The molecule has 1 aromatic carbocycles. The van der Waals surface area contributed by atoms with Crippen LogP contribution >= 0.6 is 0 Å². The van der Waals surface area contributed by atoms with Gasteiger partial charge in [0.15, 0.2) is 5.78 Å². The lowest BCUT2D eigenvalue weighted by Crippen LogP contribution is -1.93. The molecule has 1 rings (SSSR count). The molecular weight excluding hydrogens is 202 g/mol. The van der Waals surface area contributed by atoms with Crippen LogP contribution in [0, 0.1) is 0 Å². The van der Waals surface area contributed by atoms with E-state index in [1.807, 2.05) is 24.3 Å². The van der Waals surface area contributed by atoms with Gasteiger partial charge in [-0.2, -0.15) is 0 Å². The van der Waals surface area contributed by atoms with Crippen molar-refractivity contribution >= 4 is 18.1 Å². The Morgan fingerprint density at radius 1 is 1.38 bits per heavy atom. The molecule has 0 N–H and O–H groups in total. The van der Waals surface area contributed by atoms with E-state index in [-0.39, 0.29) is 5.78 Å². The first-order valence-electron chi connectivity index (χ1n) is 5.13. The highest BCUT2D eigenvalue weighted by atomic mass is 16.6. The second-order valence-corrected chi connectivity index (χ2v) is 3.25. The molecule has 1 aromatic rings. The molecular formula is C13H15NO2. The quantitative estimate of drug-likeness (QED) is 0.431. The van der Waals surface area contributed by atoms with E-state index in [1.165, 1.54) is 18.7 Å². The van der Waals surface area contributed by atoms with Gasteiger partial charge in [-0.3, -0.25) is 4.79 Å². The molecule has 3 heteroatoms. The first-order chi connectivity index (χ1) is 7.76. The molecule has 0 aliphatic carbocycles. The van der Waals surface area contributed by atoms with E-state index >= 15 is 0 Å². The van der Waals surface area contributed by atoms with Crippen LogP contribution in [0.4, 0.5) is 0 Å². The third-order valence-electron chi connectivity index (χ3n) is 2.11. The molecule has 0 amide bonds. The molecule has 0 saturated heterocycles. The van der Waals surface area contributed by atoms with E-state index in [9.17, 15) is 4.79 Å². The lowest BCUT2D eigenvalue weighted by molar-refractivity contribution is -0.108. The van der Waals surface area contributed by atoms with Gasteiger partial charge in [-0.25, -0.2) is 0 Å². The van der Waals surface area contributed by atoms with Gasteiger partial charge >= 0.3 is 0 Å². The summed E-state index contributed by atoms with van der Waals surface area (Å²) in [4.78, 5) is 15.6. The highest BCUT2D eigenvalue weighted by molar-refractivity contribution is 6.33. The largest absolute Gasteiger partial charge is 0.399 e. The van der Waals surface area contributed by atoms with Crippen molar-refractivity contribution in [1.82, 2.24) is 0 Å². The van der Waals surface area contributed by atoms with Crippen LogP contribution < -0.4 is 0 Å². The summed E-state index contributed by atoms with van der Waals surface area (Å²) in [5.74, 6) is -0.193. The van der Waals surface area contributed by atoms with Crippen LogP contribution in [0.3, 0.4) is 0 Å². The zero-order chi connectivity index (χ0) is 11.8. The highest BCUT2D eigenvalue weighted by Gasteiger charge is 1.92. The van der Waals surface area contributed by atoms with E-state index < -0.39 is 0 Å². The van der Waals surface area contributed by atoms with Gasteiger partial charge in [0.1, 0.15) is 13.3 Å². The Morgan fingerprint density at radius 2 is 2.06 bits per heavy atom. The summed E-state index contributed by atoms with van der Waals surface area (Å²) in [5.41, 5.74) is 2.28. The first-order valence-corrected chi connectivity index (χ1v) is 5.13. The van der Waals surface area contributed by atoms with Gasteiger partial charge in [0.05, 0.1) is 0 Å². The fraction of sp³-hybridized carbons (Fsp3) is 0.231. The summed E-state index contributed by atoms with van der Waals surface area (Å²) < 4.78 is 0. The van der Waals surface area contributed by atoms with Crippen LogP contribution in [-0.2, 0) is 16.1 Å². The van der Waals surface area contributed by atoms with Crippen LogP contribution in [0.15, 0.2) is 35.5 Å². The van der Waals surface area contributed by atoms with E-state index in [1.54, 1.807) is 6.08 Å². The Balaban J connectivity index is 2.62. The van der Waals surface area contributed by atoms with Crippen molar-refractivity contribution in [2.24, 2.45) is 5.16 Å². The molecule has 0 saturated carbocycles. The normalized spacial score (nSPS) is 11.1. The number of carbonyl (C=O) groups excluding carboxylic acids is 1. The SMILES string of the molecule is CCc1ccc(/C=C/C(=O)/C=N/OC)cc1. The minimum Gasteiger partial charge on any atom is -0.399 e. The standard InChI is InChI=1S/C13H15NO2/c1-3-11-4-6-12(7-5-11)8-9-13(15)10-14-16-2/h4-10H,3H2,1-2H3/b9-8+,14-10+. The summed E-state index contributed by atoms with van der Waals surface area (Å²) in [5, 5.41) is 3.39. The predicted octanol–water partition coefficient (Wildman–Crippen LogP) is 2.46. The van der Waals surface area contributed by atoms with E-state index in [2.05, 4.69) is 16.9 Å². The Bertz CT molecular complexity index is 391. The molecule has 0 radical (unpaired) electrons. The van der Waals surface area contributed by atoms with E-state index in [4.69, 9.17) is 0 Å². The minimum atomic E-state index is -0.193. The number of nitrogens with zero attached hydrogens (tertiary/aromatic N) is 1. The van der Waals surface area contributed by atoms with Crippen molar-refractivity contribution in [3.8, 4) is 0 Å². The van der Waals surface area contributed by atoms with Crippen molar-refractivity contribution in [2.45, 2.75) is 13.3 Å². The average molecular weight is 217 g/mol. The van der Waals surface area contributed by atoms with Gasteiger partial charge in [0, 0.05) is 0 Å². The maximum Gasteiger partial charge on any atom is 0.200 e. The van der Waals surface area contributed by atoms with Gasteiger partial charge in [-0.15, -0.1) is 0 Å².